The van der Waals surface area contributed by atoms with E-state index in [0.717, 1.165) is 0 Å². The zero-order valence-corrected chi connectivity index (χ0v) is 25.2. The Bertz CT molecular complexity index is 1010. The van der Waals surface area contributed by atoms with Gasteiger partial charge in [0.05, 0.1) is 26.6 Å². The fourth-order valence-corrected chi connectivity index (χ4v) is 4.81. The van der Waals surface area contributed by atoms with Gasteiger partial charge in [0.15, 0.2) is 24.4 Å². The van der Waals surface area contributed by atoms with Crippen LogP contribution in [0, 0.1) is 0 Å². The third-order valence-corrected chi connectivity index (χ3v) is 6.53. The number of methoxy groups -OCH3 is 3. The molecular formula is C28H42LiO10P. The van der Waals surface area contributed by atoms with Crippen molar-refractivity contribution in [3.8, 4) is 34.5 Å². The van der Waals surface area contributed by atoms with E-state index in [1.54, 1.807) is 45.0 Å². The molecule has 0 radical (unpaired) electrons. The molecule has 0 heterocycles. The molecule has 4 atom stereocenters. The number of hydrogen-bond donors (Lipinski definition) is 0. The molecule has 0 N–H and O–H groups in total. The Morgan fingerprint density at radius 2 is 1.05 bits per heavy atom. The van der Waals surface area contributed by atoms with Gasteiger partial charge in [-0.3, -0.25) is 4.79 Å². The van der Waals surface area contributed by atoms with E-state index in [1.807, 2.05) is 20.8 Å². The van der Waals surface area contributed by atoms with Gasteiger partial charge in [-0.2, -0.15) is 0 Å². The summed E-state index contributed by atoms with van der Waals surface area (Å²) in [4.78, 5) is 13.8. The van der Waals surface area contributed by atoms with Crippen molar-refractivity contribution in [1.29, 1.82) is 0 Å². The normalized spacial score (nSPS) is 13.2. The van der Waals surface area contributed by atoms with Gasteiger partial charge in [0.25, 0.3) is 0 Å². The average molecular weight is 577 g/mol. The molecule has 2 aromatic rings. The molecule has 0 aliphatic carbocycles. The summed E-state index contributed by atoms with van der Waals surface area (Å²) in [6.07, 6.45) is -1.72. The van der Waals surface area contributed by atoms with E-state index in [4.69, 9.17) is 42.6 Å². The van der Waals surface area contributed by atoms with Crippen molar-refractivity contribution >= 4 is 38.3 Å². The minimum absolute atomic E-state index is 0. The van der Waals surface area contributed by atoms with E-state index in [0.29, 0.717) is 59.6 Å². The first-order valence-electron chi connectivity index (χ1n) is 12.8. The first-order valence-corrected chi connectivity index (χ1v) is 13.8. The van der Waals surface area contributed by atoms with Crippen LogP contribution in [0.4, 0.5) is 0 Å². The summed E-state index contributed by atoms with van der Waals surface area (Å²) in [6, 6.07) is 6.66. The monoisotopic (exact) mass is 576 g/mol. The molecule has 2 rings (SSSR count). The molecule has 2 aromatic carbocycles. The van der Waals surface area contributed by atoms with Crippen LogP contribution >= 0.6 is 8.58 Å². The van der Waals surface area contributed by atoms with Gasteiger partial charge < -0.3 is 42.6 Å². The number of rotatable bonds is 18. The maximum atomic E-state index is 13.8. The SMILES string of the molecule is CCOC(C)Oc1cc(OC(C)OCC)c(PC(=O)c2c(OC)cc(OC)cc2OC)c(OC(C)OCC)c1.[LiH]. The number of benzene rings is 2. The van der Waals surface area contributed by atoms with Crippen LogP contribution in [-0.4, -0.2) is 84.4 Å². The van der Waals surface area contributed by atoms with Gasteiger partial charge in [0, 0.05) is 44.1 Å². The van der Waals surface area contributed by atoms with Crippen LogP contribution in [0.2, 0.25) is 0 Å². The Balaban J connectivity index is 0.00000800. The molecule has 0 spiro atoms. The number of ether oxygens (including phenoxy) is 9. The number of hydrogen-bond acceptors (Lipinski definition) is 10. The molecule has 0 aromatic heterocycles. The van der Waals surface area contributed by atoms with Crippen LogP contribution in [0.1, 0.15) is 51.9 Å². The summed E-state index contributed by atoms with van der Waals surface area (Å²) in [5.74, 6) is 2.32. The van der Waals surface area contributed by atoms with Gasteiger partial charge in [-0.25, -0.2) is 0 Å². The molecule has 0 amide bonds. The van der Waals surface area contributed by atoms with E-state index in [2.05, 4.69) is 0 Å². The van der Waals surface area contributed by atoms with E-state index in [1.165, 1.54) is 21.3 Å². The van der Waals surface area contributed by atoms with Gasteiger partial charge in [-0.15, -0.1) is 0 Å². The van der Waals surface area contributed by atoms with Crippen molar-refractivity contribution < 1.29 is 47.4 Å². The minimum atomic E-state index is -0.601. The summed E-state index contributed by atoms with van der Waals surface area (Å²) in [5.41, 5.74) is 0.0163. The molecule has 10 nitrogen and oxygen atoms in total. The fraction of sp³-hybridized carbons (Fsp3) is 0.536. The first kappa shape index (κ1) is 35.8. The third kappa shape index (κ3) is 10.3. The van der Waals surface area contributed by atoms with Crippen LogP contribution in [0.25, 0.3) is 0 Å². The van der Waals surface area contributed by atoms with Crippen molar-refractivity contribution in [2.24, 2.45) is 0 Å². The summed E-state index contributed by atoms with van der Waals surface area (Å²) < 4.78 is 51.4. The molecule has 0 aliphatic rings. The van der Waals surface area contributed by atoms with Gasteiger partial charge in [-0.05, 0) is 50.1 Å². The van der Waals surface area contributed by atoms with Crippen LogP contribution in [0.15, 0.2) is 24.3 Å². The molecule has 0 aliphatic heterocycles. The van der Waals surface area contributed by atoms with E-state index < -0.39 is 27.5 Å². The predicted octanol–water partition coefficient (Wildman–Crippen LogP) is 4.49. The average Bonchev–Trinajstić information content (AvgIpc) is 2.89. The Morgan fingerprint density at radius 3 is 1.43 bits per heavy atom. The molecule has 40 heavy (non-hydrogen) atoms. The zero-order chi connectivity index (χ0) is 28.9. The molecule has 220 valence electrons. The molecule has 0 saturated heterocycles. The van der Waals surface area contributed by atoms with Crippen molar-refractivity contribution in [1.82, 2.24) is 0 Å². The van der Waals surface area contributed by atoms with Gasteiger partial charge in [0.2, 0.25) is 0 Å². The van der Waals surface area contributed by atoms with Crippen LogP contribution < -0.4 is 33.7 Å². The third-order valence-electron chi connectivity index (χ3n) is 5.31. The molecule has 0 bridgehead atoms. The van der Waals surface area contributed by atoms with Crippen molar-refractivity contribution in [2.75, 3.05) is 41.2 Å². The number of carbonyl (C=O) groups is 1. The van der Waals surface area contributed by atoms with E-state index >= 15 is 0 Å². The van der Waals surface area contributed by atoms with Crippen molar-refractivity contribution in [3.05, 3.63) is 29.8 Å². The molecular weight excluding hydrogens is 534 g/mol. The van der Waals surface area contributed by atoms with Crippen LogP contribution in [-0.2, 0) is 14.2 Å². The van der Waals surface area contributed by atoms with Crippen LogP contribution in [0.3, 0.4) is 0 Å². The Hall–Kier alpha value is -2.18. The van der Waals surface area contributed by atoms with Crippen molar-refractivity contribution in [3.63, 3.8) is 0 Å². The second-order valence-corrected chi connectivity index (χ2v) is 9.28. The van der Waals surface area contributed by atoms with Gasteiger partial charge in [-0.1, -0.05) is 0 Å². The maximum absolute atomic E-state index is 13.8. The van der Waals surface area contributed by atoms with Crippen LogP contribution in [0.5, 0.6) is 34.5 Å². The topological polar surface area (TPSA) is 100 Å². The summed E-state index contributed by atoms with van der Waals surface area (Å²) in [6.45, 7) is 12.3. The Morgan fingerprint density at radius 1 is 0.650 bits per heavy atom. The molecule has 0 fully saturated rings. The van der Waals surface area contributed by atoms with E-state index in [-0.39, 0.29) is 29.9 Å². The summed E-state index contributed by atoms with van der Waals surface area (Å²) in [7, 11) is 4.05. The van der Waals surface area contributed by atoms with Gasteiger partial charge >= 0.3 is 18.9 Å². The quantitative estimate of drug-likeness (QED) is 0.143. The molecule has 0 saturated carbocycles. The second kappa shape index (κ2) is 18.3. The molecule has 4 unspecified atom stereocenters. The van der Waals surface area contributed by atoms with E-state index in [9.17, 15) is 4.79 Å². The molecule has 12 heteroatoms. The standard InChI is InChI=1S/C28H41O10P.Li.H/c1-10-33-17(4)36-21-15-24(37-18(5)34-11-2)27(25(16-21)38-19(6)35-12-3)39-28(29)26-22(31-8)13-20(30-7)14-23(26)32-9;;/h13-19,39H,10-12H2,1-9H3;;. The summed E-state index contributed by atoms with van der Waals surface area (Å²) in [5, 5.41) is 0.509. The van der Waals surface area contributed by atoms with Gasteiger partial charge in [0.1, 0.15) is 40.1 Å². The van der Waals surface area contributed by atoms with Crippen molar-refractivity contribution in [2.45, 2.75) is 60.4 Å². The zero-order valence-electron chi connectivity index (χ0n) is 24.2. The Kier molecular flexibility index (Phi) is 16.4. The first-order chi connectivity index (χ1) is 18.7. The Labute approximate surface area is 251 Å². The summed E-state index contributed by atoms with van der Waals surface area (Å²) >= 11 is 0. The predicted molar refractivity (Wildman–Crippen MR) is 157 cm³/mol. The second-order valence-electron chi connectivity index (χ2n) is 8.08. The number of carbonyl (C=O) groups excluding carboxylic acids is 1. The fourth-order valence-electron chi connectivity index (χ4n) is 3.70.